The molecule has 5 nitrogen and oxygen atoms in total. The number of benzene rings is 3. The van der Waals surface area contributed by atoms with Crippen molar-refractivity contribution < 1.29 is 4.79 Å². The molecule has 0 atom stereocenters. The van der Waals surface area contributed by atoms with E-state index in [0.717, 1.165) is 34.4 Å². The van der Waals surface area contributed by atoms with Crippen molar-refractivity contribution in [1.29, 1.82) is 0 Å². The number of carbonyl (C=O) groups is 1. The number of amides is 1. The topological polar surface area (TPSA) is 59.8 Å². The van der Waals surface area contributed by atoms with Crippen molar-refractivity contribution in [3.63, 3.8) is 0 Å². The van der Waals surface area contributed by atoms with Crippen LogP contribution in [0.4, 0.5) is 5.69 Å². The zero-order chi connectivity index (χ0) is 19.7. The molecule has 0 saturated carbocycles. The lowest BCUT2D eigenvalue weighted by Gasteiger charge is -2.08. The number of anilines is 1. The first kappa shape index (κ1) is 17.9. The summed E-state index contributed by atoms with van der Waals surface area (Å²) in [6.07, 6.45) is 0.953. The van der Waals surface area contributed by atoms with Crippen LogP contribution in [0.5, 0.6) is 0 Å². The van der Waals surface area contributed by atoms with Gasteiger partial charge in [0.2, 0.25) is 0 Å². The normalized spacial score (nSPS) is 11.0. The summed E-state index contributed by atoms with van der Waals surface area (Å²) >= 11 is 0. The van der Waals surface area contributed by atoms with Gasteiger partial charge in [-0.3, -0.25) is 4.79 Å². The molecule has 1 amide bonds. The molecule has 0 spiro atoms. The first-order valence-electron chi connectivity index (χ1n) is 9.38. The van der Waals surface area contributed by atoms with E-state index in [1.807, 2.05) is 74.5 Å². The largest absolute Gasteiger partial charge is 0.322 e. The number of hydrogen-bond acceptors (Lipinski definition) is 3. The van der Waals surface area contributed by atoms with E-state index in [4.69, 9.17) is 0 Å². The van der Waals surface area contributed by atoms with E-state index >= 15 is 0 Å². The van der Waals surface area contributed by atoms with E-state index in [9.17, 15) is 4.79 Å². The molecule has 4 aromatic rings. The Morgan fingerprint density at radius 1 is 0.929 bits per heavy atom. The number of nitrogens with one attached hydrogen (secondary N) is 1. The summed E-state index contributed by atoms with van der Waals surface area (Å²) in [7, 11) is 0. The molecule has 4 rings (SSSR count). The quantitative estimate of drug-likeness (QED) is 0.558. The lowest BCUT2D eigenvalue weighted by atomic mass is 10.1. The monoisotopic (exact) mass is 370 g/mol. The summed E-state index contributed by atoms with van der Waals surface area (Å²) < 4.78 is 0. The zero-order valence-corrected chi connectivity index (χ0v) is 16.2. The Hall–Kier alpha value is -3.47. The number of aromatic nitrogens is 3. The summed E-state index contributed by atoms with van der Waals surface area (Å²) in [5.41, 5.74) is 7.16. The Bertz CT molecular complexity index is 1140. The third-order valence-corrected chi connectivity index (χ3v) is 4.86. The Kier molecular flexibility index (Phi) is 4.65. The molecule has 5 heteroatoms. The SMILES string of the molecule is CCc1ccc(C(=O)Nc2cc3nn(-c4ccc(C)cc4)nc3cc2C)cc1. The molecule has 0 aliphatic carbocycles. The van der Waals surface area contributed by atoms with Gasteiger partial charge >= 0.3 is 0 Å². The van der Waals surface area contributed by atoms with Crippen LogP contribution in [0.2, 0.25) is 0 Å². The fourth-order valence-corrected chi connectivity index (χ4v) is 3.08. The number of rotatable bonds is 4. The molecule has 0 bridgehead atoms. The molecule has 1 N–H and O–H groups in total. The highest BCUT2D eigenvalue weighted by Crippen LogP contribution is 2.23. The van der Waals surface area contributed by atoms with Crippen LogP contribution >= 0.6 is 0 Å². The summed E-state index contributed by atoms with van der Waals surface area (Å²) in [5.74, 6) is -0.129. The van der Waals surface area contributed by atoms with Gasteiger partial charge in [0.15, 0.2) is 0 Å². The van der Waals surface area contributed by atoms with Gasteiger partial charge in [-0.25, -0.2) is 0 Å². The van der Waals surface area contributed by atoms with E-state index in [2.05, 4.69) is 22.4 Å². The first-order chi connectivity index (χ1) is 13.5. The maximum atomic E-state index is 12.6. The molecule has 1 aromatic heterocycles. The Morgan fingerprint density at radius 2 is 1.57 bits per heavy atom. The van der Waals surface area contributed by atoms with Crippen molar-refractivity contribution in [3.05, 3.63) is 82.9 Å². The predicted octanol–water partition coefficient (Wildman–Crippen LogP) is 4.85. The molecule has 0 fully saturated rings. The molecular formula is C23H22N4O. The number of carbonyl (C=O) groups excluding carboxylic acids is 1. The van der Waals surface area contributed by atoms with Gasteiger partial charge in [0.1, 0.15) is 11.0 Å². The molecule has 0 unspecified atom stereocenters. The number of hydrogen-bond donors (Lipinski definition) is 1. The molecular weight excluding hydrogens is 348 g/mol. The summed E-state index contributed by atoms with van der Waals surface area (Å²) in [5, 5.41) is 12.1. The van der Waals surface area contributed by atoms with Gasteiger partial charge in [-0.05, 0) is 67.8 Å². The van der Waals surface area contributed by atoms with Crippen LogP contribution in [0.25, 0.3) is 16.7 Å². The van der Waals surface area contributed by atoms with E-state index < -0.39 is 0 Å². The summed E-state index contributed by atoms with van der Waals surface area (Å²) in [4.78, 5) is 14.2. The van der Waals surface area contributed by atoms with Crippen molar-refractivity contribution >= 4 is 22.6 Å². The Morgan fingerprint density at radius 3 is 2.21 bits per heavy atom. The fourth-order valence-electron chi connectivity index (χ4n) is 3.08. The standard InChI is InChI=1S/C23H22N4O/c1-4-17-7-9-18(10-8-17)23(28)24-20-14-22-21(13-16(20)3)25-27(26-22)19-11-5-15(2)6-12-19/h5-14H,4H2,1-3H3,(H,24,28). The van der Waals surface area contributed by atoms with Crippen LogP contribution in [0, 0.1) is 13.8 Å². The first-order valence-corrected chi connectivity index (χ1v) is 9.38. The van der Waals surface area contributed by atoms with E-state index in [1.54, 1.807) is 4.80 Å². The molecule has 140 valence electrons. The fraction of sp³-hybridized carbons (Fsp3) is 0.174. The highest BCUT2D eigenvalue weighted by Gasteiger charge is 2.12. The van der Waals surface area contributed by atoms with Gasteiger partial charge in [0, 0.05) is 11.3 Å². The summed E-state index contributed by atoms with van der Waals surface area (Å²) in [6, 6.07) is 19.5. The third-order valence-electron chi connectivity index (χ3n) is 4.86. The van der Waals surface area contributed by atoms with Gasteiger partial charge in [0.05, 0.1) is 5.69 Å². The Balaban J connectivity index is 1.62. The van der Waals surface area contributed by atoms with Crippen LogP contribution < -0.4 is 5.32 Å². The predicted molar refractivity (Wildman–Crippen MR) is 112 cm³/mol. The van der Waals surface area contributed by atoms with Crippen molar-refractivity contribution in [2.75, 3.05) is 5.32 Å². The number of fused-ring (bicyclic) bond motifs is 1. The number of nitrogens with zero attached hydrogens (tertiary/aromatic N) is 3. The average Bonchev–Trinajstić information content (AvgIpc) is 3.11. The lowest BCUT2D eigenvalue weighted by Crippen LogP contribution is -2.12. The number of aryl methyl sites for hydroxylation is 3. The van der Waals surface area contributed by atoms with Gasteiger partial charge in [-0.1, -0.05) is 36.8 Å². The van der Waals surface area contributed by atoms with Crippen LogP contribution in [-0.2, 0) is 6.42 Å². The van der Waals surface area contributed by atoms with E-state index in [0.29, 0.717) is 5.56 Å². The molecule has 1 heterocycles. The van der Waals surface area contributed by atoms with Crippen molar-refractivity contribution in [2.24, 2.45) is 0 Å². The zero-order valence-electron chi connectivity index (χ0n) is 16.2. The van der Waals surface area contributed by atoms with Crippen molar-refractivity contribution in [3.8, 4) is 5.69 Å². The lowest BCUT2D eigenvalue weighted by molar-refractivity contribution is 0.102. The minimum atomic E-state index is -0.129. The third kappa shape index (κ3) is 3.51. The smallest absolute Gasteiger partial charge is 0.255 e. The highest BCUT2D eigenvalue weighted by atomic mass is 16.1. The molecule has 0 saturated heterocycles. The van der Waals surface area contributed by atoms with Crippen LogP contribution in [0.3, 0.4) is 0 Å². The molecule has 28 heavy (non-hydrogen) atoms. The minimum Gasteiger partial charge on any atom is -0.322 e. The van der Waals surface area contributed by atoms with Gasteiger partial charge < -0.3 is 5.32 Å². The van der Waals surface area contributed by atoms with Gasteiger partial charge in [-0.15, -0.1) is 10.2 Å². The van der Waals surface area contributed by atoms with Crippen LogP contribution in [-0.4, -0.2) is 20.9 Å². The maximum Gasteiger partial charge on any atom is 0.255 e. The second-order valence-electron chi connectivity index (χ2n) is 6.99. The Labute approximate surface area is 164 Å². The maximum absolute atomic E-state index is 12.6. The average molecular weight is 370 g/mol. The van der Waals surface area contributed by atoms with Gasteiger partial charge in [-0.2, -0.15) is 4.80 Å². The van der Waals surface area contributed by atoms with Gasteiger partial charge in [0.25, 0.3) is 5.91 Å². The molecule has 0 aliphatic heterocycles. The second-order valence-corrected chi connectivity index (χ2v) is 6.99. The van der Waals surface area contributed by atoms with Crippen molar-refractivity contribution in [1.82, 2.24) is 15.0 Å². The van der Waals surface area contributed by atoms with Crippen LogP contribution in [0.15, 0.2) is 60.7 Å². The molecule has 0 radical (unpaired) electrons. The summed E-state index contributed by atoms with van der Waals surface area (Å²) in [6.45, 7) is 6.10. The van der Waals surface area contributed by atoms with Crippen LogP contribution in [0.1, 0.15) is 34.0 Å². The van der Waals surface area contributed by atoms with E-state index in [-0.39, 0.29) is 5.91 Å². The van der Waals surface area contributed by atoms with E-state index in [1.165, 1.54) is 11.1 Å². The molecule has 0 aliphatic rings. The molecule has 3 aromatic carbocycles. The second kappa shape index (κ2) is 7.27. The van der Waals surface area contributed by atoms with Crippen molar-refractivity contribution in [2.45, 2.75) is 27.2 Å². The minimum absolute atomic E-state index is 0.129. The highest BCUT2D eigenvalue weighted by molar-refractivity contribution is 6.05.